The van der Waals surface area contributed by atoms with E-state index in [-0.39, 0.29) is 0 Å². The molecule has 4 rings (SSSR count). The molecule has 2 saturated carbocycles. The molecular formula is C12H16N6OS. The van der Waals surface area contributed by atoms with E-state index in [1.54, 1.807) is 11.8 Å². The molecule has 0 radical (unpaired) electrons. The fourth-order valence-electron chi connectivity index (χ4n) is 2.20. The summed E-state index contributed by atoms with van der Waals surface area (Å²) in [6.45, 7) is 0.427. The fraction of sp³-hybridized carbons (Fsp3) is 0.667. The number of thioether (sulfide) groups is 1. The average Bonchev–Trinajstić information content (AvgIpc) is 3.40. The zero-order valence-electron chi connectivity index (χ0n) is 11.0. The second-order valence-corrected chi connectivity index (χ2v) is 6.26. The normalized spacial score (nSPS) is 18.6. The lowest BCUT2D eigenvalue weighted by Crippen LogP contribution is -2.08. The number of nitrogens with zero attached hydrogens (tertiary/aromatic N) is 5. The van der Waals surface area contributed by atoms with Crippen molar-refractivity contribution in [2.75, 3.05) is 0 Å². The maximum absolute atomic E-state index is 5.71. The summed E-state index contributed by atoms with van der Waals surface area (Å²) in [4.78, 5) is 4.42. The fourth-order valence-corrected chi connectivity index (χ4v) is 3.07. The number of hydrogen-bond donors (Lipinski definition) is 1. The van der Waals surface area contributed by atoms with Crippen LogP contribution < -0.4 is 5.73 Å². The van der Waals surface area contributed by atoms with Crippen molar-refractivity contribution in [2.24, 2.45) is 5.73 Å². The summed E-state index contributed by atoms with van der Waals surface area (Å²) < 4.78 is 7.43. The number of aromatic nitrogens is 5. The van der Waals surface area contributed by atoms with E-state index in [4.69, 9.17) is 10.3 Å². The molecule has 20 heavy (non-hydrogen) atoms. The Hall–Kier alpha value is -1.41. The van der Waals surface area contributed by atoms with Crippen LogP contribution in [-0.2, 0) is 12.3 Å². The lowest BCUT2D eigenvalue weighted by molar-refractivity contribution is 0.385. The van der Waals surface area contributed by atoms with Crippen LogP contribution in [0.3, 0.4) is 0 Å². The molecule has 2 aliphatic carbocycles. The molecule has 2 fully saturated rings. The summed E-state index contributed by atoms with van der Waals surface area (Å²) in [7, 11) is 0. The number of hydrogen-bond acceptors (Lipinski definition) is 7. The molecule has 0 aromatic carbocycles. The van der Waals surface area contributed by atoms with Gasteiger partial charge in [-0.05, 0) is 25.7 Å². The van der Waals surface area contributed by atoms with Gasteiger partial charge in [0.05, 0.1) is 12.3 Å². The molecule has 0 saturated heterocycles. The van der Waals surface area contributed by atoms with E-state index < -0.39 is 0 Å². The summed E-state index contributed by atoms with van der Waals surface area (Å²) >= 11 is 1.59. The van der Waals surface area contributed by atoms with Crippen molar-refractivity contribution in [3.8, 4) is 0 Å². The summed E-state index contributed by atoms with van der Waals surface area (Å²) in [6, 6.07) is 0.524. The van der Waals surface area contributed by atoms with E-state index in [2.05, 4.69) is 24.9 Å². The molecule has 2 heterocycles. The number of rotatable bonds is 6. The van der Waals surface area contributed by atoms with Crippen LogP contribution in [0.25, 0.3) is 0 Å². The van der Waals surface area contributed by atoms with Crippen LogP contribution in [-0.4, -0.2) is 24.9 Å². The molecule has 2 aromatic heterocycles. The molecule has 2 N–H and O–H groups in total. The Labute approximate surface area is 120 Å². The molecule has 0 unspecified atom stereocenters. The van der Waals surface area contributed by atoms with Crippen molar-refractivity contribution in [3.63, 3.8) is 0 Å². The van der Waals surface area contributed by atoms with Crippen molar-refractivity contribution < 1.29 is 4.52 Å². The first-order valence-corrected chi connectivity index (χ1v) is 7.93. The standard InChI is InChI=1S/C12H16N6OS/c13-5-9-15-16-12(18(9)8-3-4-8)20-6-10-14-11(17-19-10)7-1-2-7/h7-8H,1-6,13H2. The van der Waals surface area contributed by atoms with E-state index in [1.807, 2.05) is 0 Å². The highest BCUT2D eigenvalue weighted by molar-refractivity contribution is 7.98. The third kappa shape index (κ3) is 2.33. The first-order chi connectivity index (χ1) is 9.85. The van der Waals surface area contributed by atoms with Gasteiger partial charge in [0.25, 0.3) is 0 Å². The second kappa shape index (κ2) is 4.85. The lowest BCUT2D eigenvalue weighted by atomic mass is 10.4. The van der Waals surface area contributed by atoms with Crippen LogP contribution in [0.5, 0.6) is 0 Å². The first-order valence-electron chi connectivity index (χ1n) is 6.94. The maximum atomic E-state index is 5.71. The molecule has 2 aromatic rings. The van der Waals surface area contributed by atoms with Gasteiger partial charge in [0.1, 0.15) is 5.82 Å². The third-order valence-corrected chi connectivity index (χ3v) is 4.51. The zero-order chi connectivity index (χ0) is 13.5. The Morgan fingerprint density at radius 1 is 1.25 bits per heavy atom. The molecular weight excluding hydrogens is 276 g/mol. The van der Waals surface area contributed by atoms with E-state index in [9.17, 15) is 0 Å². The van der Waals surface area contributed by atoms with E-state index >= 15 is 0 Å². The van der Waals surface area contributed by atoms with Gasteiger partial charge in [0.2, 0.25) is 5.89 Å². The summed E-state index contributed by atoms with van der Waals surface area (Å²) in [5.41, 5.74) is 5.71. The number of nitrogens with two attached hydrogens (primary N) is 1. The minimum atomic E-state index is 0.427. The van der Waals surface area contributed by atoms with Gasteiger partial charge in [-0.1, -0.05) is 16.9 Å². The van der Waals surface area contributed by atoms with Crippen LogP contribution in [0.4, 0.5) is 0 Å². The van der Waals surface area contributed by atoms with Crippen LogP contribution in [0.2, 0.25) is 0 Å². The van der Waals surface area contributed by atoms with E-state index in [0.29, 0.717) is 30.1 Å². The highest BCUT2D eigenvalue weighted by atomic mass is 32.2. The lowest BCUT2D eigenvalue weighted by Gasteiger charge is -2.05. The van der Waals surface area contributed by atoms with Crippen molar-refractivity contribution in [2.45, 2.75) is 55.1 Å². The van der Waals surface area contributed by atoms with Gasteiger partial charge in [0.15, 0.2) is 11.0 Å². The summed E-state index contributed by atoms with van der Waals surface area (Å²) in [5.74, 6) is 3.54. The topological polar surface area (TPSA) is 95.7 Å². The molecule has 0 aliphatic heterocycles. The summed E-state index contributed by atoms with van der Waals surface area (Å²) in [5, 5.41) is 13.3. The van der Waals surface area contributed by atoms with Crippen LogP contribution >= 0.6 is 11.8 Å². The van der Waals surface area contributed by atoms with Gasteiger partial charge >= 0.3 is 0 Å². The predicted molar refractivity (Wildman–Crippen MR) is 72.0 cm³/mol. The molecule has 8 heteroatoms. The van der Waals surface area contributed by atoms with Crippen molar-refractivity contribution in [1.82, 2.24) is 24.9 Å². The van der Waals surface area contributed by atoms with E-state index in [1.165, 1.54) is 25.7 Å². The Morgan fingerprint density at radius 3 is 2.80 bits per heavy atom. The van der Waals surface area contributed by atoms with Gasteiger partial charge in [0, 0.05) is 12.0 Å². The van der Waals surface area contributed by atoms with Gasteiger partial charge in [-0.3, -0.25) is 0 Å². The molecule has 106 valence electrons. The van der Waals surface area contributed by atoms with Crippen molar-refractivity contribution >= 4 is 11.8 Å². The molecule has 2 aliphatic rings. The monoisotopic (exact) mass is 292 g/mol. The van der Waals surface area contributed by atoms with Gasteiger partial charge in [-0.2, -0.15) is 4.98 Å². The van der Waals surface area contributed by atoms with Gasteiger partial charge in [-0.25, -0.2) is 0 Å². The van der Waals surface area contributed by atoms with Crippen LogP contribution in [0.1, 0.15) is 55.2 Å². The zero-order valence-corrected chi connectivity index (χ0v) is 11.8. The Balaban J connectivity index is 1.46. The van der Waals surface area contributed by atoms with Crippen molar-refractivity contribution in [1.29, 1.82) is 0 Å². The SMILES string of the molecule is NCc1nnc(SCc2nc(C3CC3)no2)n1C1CC1. The second-order valence-electron chi connectivity index (χ2n) is 5.31. The average molecular weight is 292 g/mol. The minimum Gasteiger partial charge on any atom is -0.338 e. The molecule has 0 bridgehead atoms. The largest absolute Gasteiger partial charge is 0.338 e. The Bertz CT molecular complexity index is 615. The predicted octanol–water partition coefficient (Wildman–Crippen LogP) is 1.62. The highest BCUT2D eigenvalue weighted by Crippen LogP contribution is 2.40. The van der Waals surface area contributed by atoms with E-state index in [0.717, 1.165) is 16.8 Å². The highest BCUT2D eigenvalue weighted by Gasteiger charge is 2.30. The van der Waals surface area contributed by atoms with Crippen LogP contribution in [0, 0.1) is 0 Å². The maximum Gasteiger partial charge on any atom is 0.237 e. The molecule has 7 nitrogen and oxygen atoms in total. The Kier molecular flexibility index (Phi) is 2.99. The molecule has 0 atom stereocenters. The third-order valence-electron chi connectivity index (χ3n) is 3.58. The Morgan fingerprint density at radius 2 is 2.10 bits per heavy atom. The van der Waals surface area contributed by atoms with Crippen LogP contribution in [0.15, 0.2) is 9.68 Å². The molecule has 0 amide bonds. The quantitative estimate of drug-likeness (QED) is 0.808. The first kappa shape index (κ1) is 12.3. The smallest absolute Gasteiger partial charge is 0.237 e. The van der Waals surface area contributed by atoms with Gasteiger partial charge in [-0.15, -0.1) is 10.2 Å². The minimum absolute atomic E-state index is 0.427. The van der Waals surface area contributed by atoms with Crippen molar-refractivity contribution in [3.05, 3.63) is 17.5 Å². The summed E-state index contributed by atoms with van der Waals surface area (Å²) in [6.07, 6.45) is 4.74. The van der Waals surface area contributed by atoms with Gasteiger partial charge < -0.3 is 14.8 Å². The molecule has 0 spiro atoms.